The molecule has 0 saturated heterocycles. The van der Waals surface area contributed by atoms with Gasteiger partial charge in [0.1, 0.15) is 0 Å². The van der Waals surface area contributed by atoms with Gasteiger partial charge < -0.3 is 0 Å². The topological polar surface area (TPSA) is 0 Å². The van der Waals surface area contributed by atoms with Crippen LogP contribution in [-0.4, -0.2) is 0 Å². The Morgan fingerprint density at radius 2 is 0.667 bits per heavy atom. The fraction of sp³-hybridized carbons (Fsp3) is 0.235. The third-order valence-electron chi connectivity index (χ3n) is 8.62. The van der Waals surface area contributed by atoms with Crippen molar-refractivity contribution >= 4 is 21.5 Å². The largest absolute Gasteiger partial charge is 0.274 e. The second-order valence-electron chi connectivity index (χ2n) is 11.1. The summed E-state index contributed by atoms with van der Waals surface area (Å²) in [6, 6.07) is 20.4. The molecule has 7 rings (SSSR count). The van der Waals surface area contributed by atoms with Crippen LogP contribution in [0.15, 0.2) is 84.9 Å². The van der Waals surface area contributed by atoms with Crippen LogP contribution in [0.4, 0.5) is 35.1 Å². The van der Waals surface area contributed by atoms with Crippen LogP contribution in [0.5, 0.6) is 0 Å². The first-order valence-electron chi connectivity index (χ1n) is 13.6. The molecule has 0 amide bonds. The Kier molecular flexibility index (Phi) is 5.63. The fourth-order valence-corrected chi connectivity index (χ4v) is 6.78. The molecule has 0 radical (unpaired) electrons. The van der Waals surface area contributed by atoms with Gasteiger partial charge in [0.15, 0.2) is 0 Å². The van der Waals surface area contributed by atoms with Gasteiger partial charge in [-0.2, -0.15) is 0 Å². The molecule has 0 unspecified atom stereocenters. The van der Waals surface area contributed by atoms with Crippen molar-refractivity contribution in [1.29, 1.82) is 0 Å². The molecule has 5 aromatic rings. The minimum Gasteiger partial charge on any atom is -0.201 e. The molecule has 0 fully saturated rings. The number of halogens is 8. The van der Waals surface area contributed by atoms with Crippen molar-refractivity contribution in [2.75, 3.05) is 0 Å². The van der Waals surface area contributed by atoms with Crippen LogP contribution < -0.4 is 0 Å². The van der Waals surface area contributed by atoms with Gasteiger partial charge in [0, 0.05) is 47.9 Å². The van der Waals surface area contributed by atoms with Gasteiger partial charge in [-0.15, -0.1) is 0 Å². The van der Waals surface area contributed by atoms with Crippen LogP contribution in [0.1, 0.15) is 47.9 Å². The van der Waals surface area contributed by atoms with Crippen LogP contribution in [0.25, 0.3) is 43.8 Å². The highest BCUT2D eigenvalue weighted by molar-refractivity contribution is 6.22. The second kappa shape index (κ2) is 8.79. The van der Waals surface area contributed by atoms with Crippen LogP contribution in [0.3, 0.4) is 0 Å². The number of rotatable bonds is 2. The first kappa shape index (κ1) is 26.9. The molecule has 0 N–H and O–H groups in total. The highest BCUT2D eigenvalue weighted by Gasteiger charge is 2.52. The normalized spacial score (nSPS) is 19.8. The Labute approximate surface area is 235 Å². The highest BCUT2D eigenvalue weighted by Crippen LogP contribution is 2.57. The molecule has 42 heavy (non-hydrogen) atoms. The summed E-state index contributed by atoms with van der Waals surface area (Å²) < 4.78 is 122. The number of fused-ring (bicyclic) bond motifs is 4. The molecule has 2 aliphatic rings. The SMILES string of the molecule is FC1(F)CCC(F)(F)c2c(-c3c4ccccc4c(-c4cccc5c4C(F)(F)CCC5(F)F)c4ccccc34)cccc21. The number of hydrogen-bond donors (Lipinski definition) is 0. The highest BCUT2D eigenvalue weighted by atomic mass is 19.3. The molecule has 214 valence electrons. The molecule has 0 spiro atoms. The summed E-state index contributed by atoms with van der Waals surface area (Å²) in [5.74, 6) is -14.0. The van der Waals surface area contributed by atoms with Gasteiger partial charge in [-0.1, -0.05) is 84.9 Å². The van der Waals surface area contributed by atoms with Crippen molar-refractivity contribution in [3.8, 4) is 22.3 Å². The van der Waals surface area contributed by atoms with Crippen LogP contribution in [-0.2, 0) is 23.7 Å². The number of hydrogen-bond acceptors (Lipinski definition) is 0. The maximum atomic E-state index is 15.5. The molecule has 5 aromatic carbocycles. The van der Waals surface area contributed by atoms with E-state index in [0.29, 0.717) is 21.5 Å². The third kappa shape index (κ3) is 3.80. The van der Waals surface area contributed by atoms with Gasteiger partial charge in [0.2, 0.25) is 0 Å². The zero-order valence-corrected chi connectivity index (χ0v) is 21.9. The van der Waals surface area contributed by atoms with E-state index in [4.69, 9.17) is 0 Å². The van der Waals surface area contributed by atoms with Crippen LogP contribution in [0, 0.1) is 0 Å². The molecule has 0 nitrogen and oxygen atoms in total. The van der Waals surface area contributed by atoms with Gasteiger partial charge in [-0.25, -0.2) is 35.1 Å². The Morgan fingerprint density at radius 3 is 1.00 bits per heavy atom. The van der Waals surface area contributed by atoms with Gasteiger partial charge in [0.05, 0.1) is 0 Å². The smallest absolute Gasteiger partial charge is 0.201 e. The summed E-state index contributed by atoms with van der Waals surface area (Å²) in [4.78, 5) is 0. The molecule has 0 bridgehead atoms. The minimum absolute atomic E-state index is 0.0808. The lowest BCUT2D eigenvalue weighted by Crippen LogP contribution is -2.31. The predicted molar refractivity (Wildman–Crippen MR) is 146 cm³/mol. The molecule has 8 heteroatoms. The van der Waals surface area contributed by atoms with E-state index in [9.17, 15) is 17.6 Å². The molecule has 0 atom stereocenters. The van der Waals surface area contributed by atoms with Crippen molar-refractivity contribution in [3.05, 3.63) is 107 Å². The van der Waals surface area contributed by atoms with E-state index in [-0.39, 0.29) is 22.3 Å². The Balaban J connectivity index is 1.65. The summed E-state index contributed by atoms with van der Waals surface area (Å²) in [6.45, 7) is 0. The lowest BCUT2D eigenvalue weighted by Gasteiger charge is -2.34. The van der Waals surface area contributed by atoms with Crippen molar-refractivity contribution in [1.82, 2.24) is 0 Å². The fourth-order valence-electron chi connectivity index (χ4n) is 6.78. The van der Waals surface area contributed by atoms with Gasteiger partial charge in [-0.3, -0.25) is 0 Å². The van der Waals surface area contributed by atoms with Crippen LogP contribution in [0.2, 0.25) is 0 Å². The maximum Gasteiger partial charge on any atom is 0.274 e. The summed E-state index contributed by atoms with van der Waals surface area (Å²) >= 11 is 0. The standard InChI is InChI=1S/C34H22F8/c35-31(36)15-17-33(39,40)29-23(11-5-13-25(29)31)27-19-7-1-2-8-20(19)28(22-10-4-3-9-21(22)27)24-12-6-14-26-30(24)34(41,42)18-16-32(26,37)38/h1-14H,15-18H2. The maximum absolute atomic E-state index is 15.5. The zero-order valence-electron chi connectivity index (χ0n) is 21.9. The lowest BCUT2D eigenvalue weighted by atomic mass is 9.76. The monoisotopic (exact) mass is 582 g/mol. The average molecular weight is 583 g/mol. The minimum atomic E-state index is -3.54. The third-order valence-corrected chi connectivity index (χ3v) is 8.62. The van der Waals surface area contributed by atoms with E-state index in [1.807, 2.05) is 0 Å². The molecular formula is C34H22F8. The molecule has 0 aliphatic heterocycles. The van der Waals surface area contributed by atoms with E-state index in [0.717, 1.165) is 12.1 Å². The molecule has 2 aliphatic carbocycles. The van der Waals surface area contributed by atoms with Gasteiger partial charge in [-0.05, 0) is 43.8 Å². The Bertz CT molecular complexity index is 1710. The Morgan fingerprint density at radius 1 is 0.357 bits per heavy atom. The quantitative estimate of drug-likeness (QED) is 0.143. The summed E-state index contributed by atoms with van der Waals surface area (Å²) in [5.41, 5.74) is -2.66. The second-order valence-corrected chi connectivity index (χ2v) is 11.1. The van der Waals surface area contributed by atoms with E-state index in [1.165, 1.54) is 24.3 Å². The Hall–Kier alpha value is -3.94. The molecule has 0 saturated carbocycles. The number of benzene rings is 5. The summed E-state index contributed by atoms with van der Waals surface area (Å²) in [7, 11) is 0. The molecule has 0 aromatic heterocycles. The number of alkyl halides is 8. The van der Waals surface area contributed by atoms with E-state index < -0.39 is 71.6 Å². The van der Waals surface area contributed by atoms with Crippen molar-refractivity contribution in [3.63, 3.8) is 0 Å². The van der Waals surface area contributed by atoms with Crippen LogP contribution >= 0.6 is 0 Å². The van der Waals surface area contributed by atoms with Gasteiger partial charge >= 0.3 is 0 Å². The van der Waals surface area contributed by atoms with E-state index in [2.05, 4.69) is 0 Å². The van der Waals surface area contributed by atoms with E-state index >= 15 is 17.6 Å². The van der Waals surface area contributed by atoms with Crippen molar-refractivity contribution in [2.45, 2.75) is 49.4 Å². The summed E-state index contributed by atoms with van der Waals surface area (Å²) in [5, 5.41) is 1.42. The average Bonchev–Trinajstić information content (AvgIpc) is 2.96. The first-order chi connectivity index (χ1) is 19.8. The van der Waals surface area contributed by atoms with Crippen molar-refractivity contribution in [2.24, 2.45) is 0 Å². The van der Waals surface area contributed by atoms with Crippen molar-refractivity contribution < 1.29 is 35.1 Å². The molecular weight excluding hydrogens is 560 g/mol. The predicted octanol–water partition coefficient (Wildman–Crippen LogP) is 11.3. The zero-order chi connectivity index (χ0) is 29.7. The van der Waals surface area contributed by atoms with Gasteiger partial charge in [0.25, 0.3) is 23.7 Å². The summed E-state index contributed by atoms with van der Waals surface area (Å²) in [6.07, 6.45) is -4.04. The lowest BCUT2D eigenvalue weighted by molar-refractivity contribution is -0.0953. The molecule has 0 heterocycles. The first-order valence-corrected chi connectivity index (χ1v) is 13.6. The van der Waals surface area contributed by atoms with E-state index in [1.54, 1.807) is 48.5 Å².